The van der Waals surface area contributed by atoms with E-state index >= 15 is 0 Å². The molecule has 2 aromatic carbocycles. The molecule has 0 spiro atoms. The predicted molar refractivity (Wildman–Crippen MR) is 117 cm³/mol. The van der Waals surface area contributed by atoms with E-state index in [0.717, 1.165) is 33.6 Å². The SMILES string of the molecule is CC(=O)N(C)c1ccc(-c2nn3ccccc3c2-c2ccc(S(N)(=O)=O)cc2)cc1. The fourth-order valence-corrected chi connectivity index (χ4v) is 3.84. The highest BCUT2D eigenvalue weighted by molar-refractivity contribution is 7.89. The second-order valence-electron chi connectivity index (χ2n) is 6.95. The minimum Gasteiger partial charge on any atom is -0.316 e. The van der Waals surface area contributed by atoms with Crippen molar-refractivity contribution in [2.75, 3.05) is 11.9 Å². The Morgan fingerprint density at radius 1 is 0.967 bits per heavy atom. The van der Waals surface area contributed by atoms with Gasteiger partial charge in [-0.1, -0.05) is 30.3 Å². The van der Waals surface area contributed by atoms with Gasteiger partial charge in [0.2, 0.25) is 15.9 Å². The number of aromatic nitrogens is 2. The van der Waals surface area contributed by atoms with Crippen LogP contribution in [0.25, 0.3) is 27.9 Å². The molecule has 4 aromatic rings. The Balaban J connectivity index is 1.86. The highest BCUT2D eigenvalue weighted by atomic mass is 32.2. The summed E-state index contributed by atoms with van der Waals surface area (Å²) >= 11 is 0. The van der Waals surface area contributed by atoms with E-state index in [4.69, 9.17) is 10.2 Å². The van der Waals surface area contributed by atoms with Crippen LogP contribution in [0.4, 0.5) is 5.69 Å². The molecule has 0 atom stereocenters. The van der Waals surface area contributed by atoms with Crippen LogP contribution in [-0.4, -0.2) is 31.0 Å². The van der Waals surface area contributed by atoms with Crippen molar-refractivity contribution >= 4 is 27.1 Å². The standard InChI is InChI=1S/C22H20N4O3S/c1-15(27)25(2)18-10-6-17(7-11-18)22-21(20-5-3-4-14-26(20)24-22)16-8-12-19(13-9-16)30(23,28)29/h3-14H,1-2H3,(H2,23,28,29). The van der Waals surface area contributed by atoms with E-state index in [9.17, 15) is 13.2 Å². The predicted octanol–water partition coefficient (Wildman–Crippen LogP) is 3.30. The highest BCUT2D eigenvalue weighted by Crippen LogP contribution is 2.36. The molecule has 1 amide bonds. The summed E-state index contributed by atoms with van der Waals surface area (Å²) in [5.74, 6) is -0.0499. The molecule has 0 bridgehead atoms. The van der Waals surface area contributed by atoms with Crippen LogP contribution in [-0.2, 0) is 14.8 Å². The van der Waals surface area contributed by atoms with Crippen LogP contribution in [0.5, 0.6) is 0 Å². The Kier molecular flexibility index (Phi) is 4.89. The third-order valence-electron chi connectivity index (χ3n) is 5.01. The fraction of sp³-hybridized carbons (Fsp3) is 0.0909. The first-order chi connectivity index (χ1) is 14.3. The number of pyridine rings is 1. The van der Waals surface area contributed by atoms with E-state index in [1.807, 2.05) is 48.7 Å². The molecule has 0 saturated carbocycles. The summed E-state index contributed by atoms with van der Waals surface area (Å²) in [4.78, 5) is 13.2. The molecule has 0 saturated heterocycles. The number of rotatable bonds is 4. The van der Waals surface area contributed by atoms with Crippen LogP contribution in [0.3, 0.4) is 0 Å². The van der Waals surface area contributed by atoms with Gasteiger partial charge in [0, 0.05) is 37.0 Å². The molecule has 0 aliphatic heterocycles. The molecule has 0 aliphatic carbocycles. The summed E-state index contributed by atoms with van der Waals surface area (Å²) in [6, 6.07) is 19.8. The van der Waals surface area contributed by atoms with Gasteiger partial charge in [0.25, 0.3) is 0 Å². The lowest BCUT2D eigenvalue weighted by Gasteiger charge is -2.15. The van der Waals surface area contributed by atoms with Crippen LogP contribution < -0.4 is 10.0 Å². The fourth-order valence-electron chi connectivity index (χ4n) is 3.32. The Hall–Kier alpha value is -3.49. The minimum atomic E-state index is -3.77. The first kappa shape index (κ1) is 19.8. The first-order valence-corrected chi connectivity index (χ1v) is 10.8. The molecular weight excluding hydrogens is 400 g/mol. The summed E-state index contributed by atoms with van der Waals surface area (Å²) in [5, 5.41) is 9.96. The van der Waals surface area contributed by atoms with Crippen molar-refractivity contribution in [3.63, 3.8) is 0 Å². The van der Waals surface area contributed by atoms with E-state index in [1.54, 1.807) is 28.6 Å². The second-order valence-corrected chi connectivity index (χ2v) is 8.51. The minimum absolute atomic E-state index is 0.0499. The van der Waals surface area contributed by atoms with Gasteiger partial charge in [-0.05, 0) is 42.0 Å². The van der Waals surface area contributed by atoms with Gasteiger partial charge in [0.05, 0.1) is 10.4 Å². The Morgan fingerprint density at radius 2 is 1.60 bits per heavy atom. The summed E-state index contributed by atoms with van der Waals surface area (Å²) in [6.45, 7) is 1.51. The van der Waals surface area contributed by atoms with E-state index in [2.05, 4.69) is 0 Å². The van der Waals surface area contributed by atoms with Gasteiger partial charge >= 0.3 is 0 Å². The smallest absolute Gasteiger partial charge is 0.238 e. The topological polar surface area (TPSA) is 97.8 Å². The lowest BCUT2D eigenvalue weighted by molar-refractivity contribution is -0.116. The normalized spacial score (nSPS) is 11.6. The van der Waals surface area contributed by atoms with Crippen molar-refractivity contribution < 1.29 is 13.2 Å². The molecule has 0 radical (unpaired) electrons. The number of sulfonamides is 1. The molecular formula is C22H20N4O3S. The van der Waals surface area contributed by atoms with Gasteiger partial charge in [-0.2, -0.15) is 5.10 Å². The zero-order valence-corrected chi connectivity index (χ0v) is 17.3. The monoisotopic (exact) mass is 420 g/mol. The van der Waals surface area contributed by atoms with Crippen LogP contribution >= 0.6 is 0 Å². The third kappa shape index (κ3) is 3.58. The lowest BCUT2D eigenvalue weighted by Crippen LogP contribution is -2.22. The van der Waals surface area contributed by atoms with Gasteiger partial charge in [0.1, 0.15) is 5.69 Å². The maximum absolute atomic E-state index is 11.6. The molecule has 2 aromatic heterocycles. The van der Waals surface area contributed by atoms with Crippen molar-refractivity contribution in [3.05, 3.63) is 72.9 Å². The molecule has 2 heterocycles. The Labute approximate surface area is 174 Å². The number of primary sulfonamides is 1. The van der Waals surface area contributed by atoms with Gasteiger partial charge < -0.3 is 4.90 Å². The third-order valence-corrected chi connectivity index (χ3v) is 5.94. The molecule has 8 heteroatoms. The molecule has 30 heavy (non-hydrogen) atoms. The number of carbonyl (C=O) groups is 1. The van der Waals surface area contributed by atoms with Gasteiger partial charge in [-0.15, -0.1) is 0 Å². The highest BCUT2D eigenvalue weighted by Gasteiger charge is 2.17. The molecule has 7 nitrogen and oxygen atoms in total. The number of benzene rings is 2. The number of amides is 1. The maximum atomic E-state index is 11.6. The van der Waals surface area contributed by atoms with Gasteiger partial charge in [-0.3, -0.25) is 4.79 Å². The van der Waals surface area contributed by atoms with Gasteiger partial charge in [-0.25, -0.2) is 18.1 Å². The van der Waals surface area contributed by atoms with Crippen molar-refractivity contribution in [3.8, 4) is 22.4 Å². The average Bonchev–Trinajstić information content (AvgIpc) is 3.12. The zero-order chi connectivity index (χ0) is 21.5. The van der Waals surface area contributed by atoms with Gasteiger partial charge in [0.15, 0.2) is 0 Å². The summed E-state index contributed by atoms with van der Waals surface area (Å²) in [7, 11) is -2.04. The summed E-state index contributed by atoms with van der Waals surface area (Å²) < 4.78 is 25.0. The molecule has 2 N–H and O–H groups in total. The van der Waals surface area contributed by atoms with E-state index in [-0.39, 0.29) is 10.8 Å². The quantitative estimate of drug-likeness (QED) is 0.548. The van der Waals surface area contributed by atoms with Crippen molar-refractivity contribution in [2.45, 2.75) is 11.8 Å². The summed E-state index contributed by atoms with van der Waals surface area (Å²) in [5.41, 5.74) is 5.01. The number of nitrogens with two attached hydrogens (primary N) is 1. The number of nitrogens with zero attached hydrogens (tertiary/aromatic N) is 3. The van der Waals surface area contributed by atoms with E-state index < -0.39 is 10.0 Å². The largest absolute Gasteiger partial charge is 0.316 e. The number of fused-ring (bicyclic) bond motifs is 1. The second kappa shape index (κ2) is 7.40. The molecule has 152 valence electrons. The van der Waals surface area contributed by atoms with Crippen LogP contribution in [0.2, 0.25) is 0 Å². The van der Waals surface area contributed by atoms with Crippen LogP contribution in [0.1, 0.15) is 6.92 Å². The average molecular weight is 420 g/mol. The van der Waals surface area contributed by atoms with Crippen LogP contribution in [0, 0.1) is 0 Å². The number of anilines is 1. The lowest BCUT2D eigenvalue weighted by atomic mass is 9.99. The maximum Gasteiger partial charge on any atom is 0.238 e. The van der Waals surface area contributed by atoms with Crippen molar-refractivity contribution in [1.82, 2.24) is 9.61 Å². The van der Waals surface area contributed by atoms with Crippen molar-refractivity contribution in [2.24, 2.45) is 5.14 Å². The first-order valence-electron chi connectivity index (χ1n) is 9.21. The Bertz CT molecular complexity index is 1340. The molecule has 0 aliphatic rings. The molecule has 0 fully saturated rings. The van der Waals surface area contributed by atoms with E-state index in [0.29, 0.717) is 0 Å². The number of hydrogen-bond donors (Lipinski definition) is 1. The van der Waals surface area contributed by atoms with E-state index in [1.165, 1.54) is 19.1 Å². The Morgan fingerprint density at radius 3 is 2.20 bits per heavy atom. The zero-order valence-electron chi connectivity index (χ0n) is 16.5. The molecule has 0 unspecified atom stereocenters. The van der Waals surface area contributed by atoms with Crippen LogP contribution in [0.15, 0.2) is 77.8 Å². The summed E-state index contributed by atoms with van der Waals surface area (Å²) in [6.07, 6.45) is 1.86. The molecule has 4 rings (SSSR count). The van der Waals surface area contributed by atoms with Crippen molar-refractivity contribution in [1.29, 1.82) is 0 Å². The number of carbonyl (C=O) groups excluding carboxylic acids is 1. The number of hydrogen-bond acceptors (Lipinski definition) is 4.